The molecule has 0 radical (unpaired) electrons. The van der Waals surface area contributed by atoms with E-state index in [-0.39, 0.29) is 6.61 Å². The van der Waals surface area contributed by atoms with Crippen molar-refractivity contribution in [2.75, 3.05) is 6.61 Å². The van der Waals surface area contributed by atoms with E-state index in [1.807, 2.05) is 30.3 Å². The summed E-state index contributed by atoms with van der Waals surface area (Å²) >= 11 is 1.23. The van der Waals surface area contributed by atoms with E-state index in [2.05, 4.69) is 0 Å². The van der Waals surface area contributed by atoms with Gasteiger partial charge in [0.25, 0.3) is 0 Å². The van der Waals surface area contributed by atoms with Gasteiger partial charge in [-0.1, -0.05) is 30.0 Å². The second-order valence-corrected chi connectivity index (χ2v) is 7.67. The zero-order valence-electron chi connectivity index (χ0n) is 17.1. The van der Waals surface area contributed by atoms with Crippen LogP contribution in [0.3, 0.4) is 0 Å². The van der Waals surface area contributed by atoms with Crippen molar-refractivity contribution in [2.24, 2.45) is 0 Å². The Bertz CT molecular complexity index is 767. The molecule has 0 aliphatic carbocycles. The highest BCUT2D eigenvalue weighted by Gasteiger charge is 2.52. The zero-order chi connectivity index (χ0) is 22.3. The molecule has 1 aliphatic heterocycles. The third kappa shape index (κ3) is 7.03. The van der Waals surface area contributed by atoms with Gasteiger partial charge >= 0.3 is 23.9 Å². The third-order valence-corrected chi connectivity index (χ3v) is 5.10. The summed E-state index contributed by atoms with van der Waals surface area (Å²) in [5.41, 5.74) is -0.826. The summed E-state index contributed by atoms with van der Waals surface area (Å²) in [6, 6.07) is 9.16. The lowest BCUT2D eigenvalue weighted by molar-refractivity contribution is -0.237. The van der Waals surface area contributed by atoms with Gasteiger partial charge in [0.15, 0.2) is 18.3 Å². The van der Waals surface area contributed by atoms with Crippen LogP contribution >= 0.6 is 11.8 Å². The number of carbonyl (C=O) groups is 4. The molecule has 0 unspecified atom stereocenters. The molecule has 1 aromatic carbocycles. The summed E-state index contributed by atoms with van der Waals surface area (Å²) in [5, 5.41) is 0. The minimum Gasteiger partial charge on any atom is -0.463 e. The Balaban J connectivity index is 2.42. The van der Waals surface area contributed by atoms with Gasteiger partial charge in [-0.25, -0.2) is 0 Å². The largest absolute Gasteiger partial charge is 0.463 e. The van der Waals surface area contributed by atoms with Crippen LogP contribution in [-0.2, 0) is 42.9 Å². The van der Waals surface area contributed by atoms with Gasteiger partial charge in [-0.3, -0.25) is 19.2 Å². The molecule has 0 N–H and O–H groups in total. The van der Waals surface area contributed by atoms with E-state index in [9.17, 15) is 19.2 Å². The molecule has 2 rings (SSSR count). The monoisotopic (exact) mass is 440 g/mol. The Labute approximate surface area is 178 Å². The molecule has 10 heteroatoms. The van der Waals surface area contributed by atoms with Crippen LogP contribution in [0.5, 0.6) is 0 Å². The fraction of sp³-hybridized carbons (Fsp3) is 0.500. The molecule has 1 aliphatic rings. The lowest BCUT2D eigenvalue weighted by Crippen LogP contribution is -2.61. The van der Waals surface area contributed by atoms with Crippen LogP contribution in [-0.4, -0.2) is 60.3 Å². The number of carbonyl (C=O) groups excluding carboxylic acids is 4. The van der Waals surface area contributed by atoms with Crippen LogP contribution in [0.25, 0.3) is 0 Å². The zero-order valence-corrected chi connectivity index (χ0v) is 17.9. The van der Waals surface area contributed by atoms with E-state index in [0.29, 0.717) is 0 Å². The van der Waals surface area contributed by atoms with Crippen molar-refractivity contribution in [1.29, 1.82) is 0 Å². The molecule has 164 valence electrons. The fourth-order valence-corrected chi connectivity index (χ4v) is 4.04. The fourth-order valence-electron chi connectivity index (χ4n) is 2.92. The second kappa shape index (κ2) is 11.0. The number of rotatable bonds is 7. The molecule has 30 heavy (non-hydrogen) atoms. The van der Waals surface area contributed by atoms with E-state index in [1.165, 1.54) is 39.5 Å². The highest BCUT2D eigenvalue weighted by molar-refractivity contribution is 7.99. The lowest BCUT2D eigenvalue weighted by atomic mass is 9.99. The van der Waals surface area contributed by atoms with Crippen molar-refractivity contribution < 1.29 is 42.9 Å². The molecule has 0 saturated carbocycles. The highest BCUT2D eigenvalue weighted by Crippen LogP contribution is 2.37. The first kappa shape index (κ1) is 23.7. The maximum atomic E-state index is 11.8. The van der Waals surface area contributed by atoms with Gasteiger partial charge < -0.3 is 23.7 Å². The lowest BCUT2D eigenvalue weighted by Gasteiger charge is -2.44. The third-order valence-electron chi connectivity index (χ3n) is 3.94. The van der Waals surface area contributed by atoms with Crippen LogP contribution in [0, 0.1) is 0 Å². The quantitative estimate of drug-likeness (QED) is 0.460. The molecule has 0 spiro atoms. The molecule has 5 atom stereocenters. The van der Waals surface area contributed by atoms with Crippen LogP contribution in [0.4, 0.5) is 0 Å². The Morgan fingerprint density at radius 1 is 0.800 bits per heavy atom. The summed E-state index contributed by atoms with van der Waals surface area (Å²) in [4.78, 5) is 47.3. The number of hydrogen-bond donors (Lipinski definition) is 0. The van der Waals surface area contributed by atoms with Gasteiger partial charge in [0.2, 0.25) is 0 Å². The standard InChI is InChI=1S/C20H24O9S/c1-11(21)25-10-16-17(26-12(2)22)18(27-13(3)23)19(28-14(4)24)20(29-16)30-15-8-6-5-7-9-15/h5-9,16-20H,10H2,1-4H3/t16-,17-,18+,19+,20-/m1/s1. The number of benzene rings is 1. The predicted octanol–water partition coefficient (Wildman–Crippen LogP) is 1.86. The van der Waals surface area contributed by atoms with Gasteiger partial charge in [0, 0.05) is 32.6 Å². The molecule has 1 aromatic rings. The van der Waals surface area contributed by atoms with Gasteiger partial charge in [-0.15, -0.1) is 0 Å². The maximum Gasteiger partial charge on any atom is 0.303 e. The van der Waals surface area contributed by atoms with E-state index in [4.69, 9.17) is 23.7 Å². The number of esters is 4. The van der Waals surface area contributed by atoms with E-state index >= 15 is 0 Å². The normalized spacial score (nSPS) is 25.7. The van der Waals surface area contributed by atoms with Gasteiger partial charge in [0.1, 0.15) is 18.1 Å². The average Bonchev–Trinajstić information content (AvgIpc) is 2.64. The van der Waals surface area contributed by atoms with E-state index < -0.39 is 53.7 Å². The van der Waals surface area contributed by atoms with E-state index in [1.54, 1.807) is 0 Å². The van der Waals surface area contributed by atoms with Crippen molar-refractivity contribution in [3.8, 4) is 0 Å². The average molecular weight is 440 g/mol. The smallest absolute Gasteiger partial charge is 0.303 e. The molecule has 1 fully saturated rings. The van der Waals surface area contributed by atoms with Crippen LogP contribution in [0.15, 0.2) is 35.2 Å². The summed E-state index contributed by atoms with van der Waals surface area (Å²) < 4.78 is 27.2. The van der Waals surface area contributed by atoms with E-state index in [0.717, 1.165) is 4.90 Å². The topological polar surface area (TPSA) is 114 Å². The molecular weight excluding hydrogens is 416 g/mol. The Morgan fingerprint density at radius 2 is 1.33 bits per heavy atom. The number of hydrogen-bond acceptors (Lipinski definition) is 10. The minimum atomic E-state index is -1.16. The highest BCUT2D eigenvalue weighted by atomic mass is 32.2. The minimum absolute atomic E-state index is 0.246. The van der Waals surface area contributed by atoms with Gasteiger partial charge in [-0.05, 0) is 12.1 Å². The molecule has 0 aromatic heterocycles. The Kier molecular flexibility index (Phi) is 8.67. The number of thioether (sulfide) groups is 1. The first-order chi connectivity index (χ1) is 14.2. The van der Waals surface area contributed by atoms with Gasteiger partial charge in [-0.2, -0.15) is 0 Å². The van der Waals surface area contributed by atoms with Crippen molar-refractivity contribution in [3.05, 3.63) is 30.3 Å². The van der Waals surface area contributed by atoms with Gasteiger partial charge in [0.05, 0.1) is 0 Å². The summed E-state index contributed by atoms with van der Waals surface area (Å²) in [7, 11) is 0. The summed E-state index contributed by atoms with van der Waals surface area (Å²) in [6.45, 7) is 4.56. The number of ether oxygens (including phenoxy) is 5. The second-order valence-electron chi connectivity index (χ2n) is 6.50. The molecule has 0 amide bonds. The predicted molar refractivity (Wildman–Crippen MR) is 104 cm³/mol. The first-order valence-corrected chi connectivity index (χ1v) is 10.1. The molecule has 1 saturated heterocycles. The maximum absolute atomic E-state index is 11.8. The van der Waals surface area contributed by atoms with Crippen LogP contribution in [0.2, 0.25) is 0 Å². The van der Waals surface area contributed by atoms with Crippen LogP contribution < -0.4 is 0 Å². The van der Waals surface area contributed by atoms with Crippen molar-refractivity contribution in [1.82, 2.24) is 0 Å². The van der Waals surface area contributed by atoms with Crippen LogP contribution in [0.1, 0.15) is 27.7 Å². The SMILES string of the molecule is CC(=O)OC[C@H]1O[C@H](Sc2ccccc2)[C@@H](OC(C)=O)[C@@H](OC(C)=O)[C@@H]1OC(C)=O. The molecular formula is C20H24O9S. The van der Waals surface area contributed by atoms with Crippen molar-refractivity contribution >= 4 is 35.6 Å². The van der Waals surface area contributed by atoms with Crippen molar-refractivity contribution in [2.45, 2.75) is 62.4 Å². The summed E-state index contributed by atoms with van der Waals surface area (Å²) in [6.07, 6.45) is -4.33. The molecule has 0 bridgehead atoms. The molecule has 1 heterocycles. The Morgan fingerprint density at radius 3 is 1.87 bits per heavy atom. The summed E-state index contributed by atoms with van der Waals surface area (Å²) in [5.74, 6) is -2.51. The Hall–Kier alpha value is -2.59. The first-order valence-electron chi connectivity index (χ1n) is 9.19. The van der Waals surface area contributed by atoms with Crippen molar-refractivity contribution in [3.63, 3.8) is 0 Å². The molecule has 9 nitrogen and oxygen atoms in total.